The van der Waals surface area contributed by atoms with Gasteiger partial charge in [-0.15, -0.1) is 0 Å². The molecule has 198 valence electrons. The van der Waals surface area contributed by atoms with Gasteiger partial charge in [0.2, 0.25) is 0 Å². The van der Waals surface area contributed by atoms with Crippen LogP contribution in [0.4, 0.5) is 5.82 Å². The van der Waals surface area contributed by atoms with Crippen LogP contribution in [0.2, 0.25) is 0 Å². The summed E-state index contributed by atoms with van der Waals surface area (Å²) in [6.07, 6.45) is 0. The summed E-state index contributed by atoms with van der Waals surface area (Å²) >= 11 is 0. The van der Waals surface area contributed by atoms with Crippen molar-refractivity contribution in [3.05, 3.63) is 69.9 Å². The maximum Gasteiger partial charge on any atom is 0.162 e. The van der Waals surface area contributed by atoms with Gasteiger partial charge in [0.05, 0.1) is 17.9 Å². The van der Waals surface area contributed by atoms with Gasteiger partial charge in [-0.2, -0.15) is 0 Å². The molecule has 0 spiro atoms. The highest BCUT2D eigenvalue weighted by Gasteiger charge is 2.24. The van der Waals surface area contributed by atoms with E-state index in [0.29, 0.717) is 12.5 Å². The van der Waals surface area contributed by atoms with Crippen molar-refractivity contribution in [1.29, 1.82) is 0 Å². The maximum absolute atomic E-state index is 6.46. The molecule has 2 aromatic carbocycles. The molecule has 1 aliphatic heterocycles. The van der Waals surface area contributed by atoms with Crippen LogP contribution < -0.4 is 9.64 Å². The van der Waals surface area contributed by atoms with E-state index in [2.05, 4.69) is 87.7 Å². The number of aromatic nitrogens is 2. The Hall–Kier alpha value is -2.96. The highest BCUT2D eigenvalue weighted by molar-refractivity contribution is 5.67. The molecule has 0 N–H and O–H groups in total. The third-order valence-corrected chi connectivity index (χ3v) is 7.43. The first-order valence-corrected chi connectivity index (χ1v) is 13.4. The zero-order chi connectivity index (χ0) is 26.5. The lowest BCUT2D eigenvalue weighted by atomic mass is 10.0. The van der Waals surface area contributed by atoms with E-state index in [1.165, 1.54) is 16.7 Å². The Morgan fingerprint density at radius 2 is 1.59 bits per heavy atom. The standard InChI is InChI=1S/C31H42N4O2/c1-21(2)26-12-11-22(3)28(19-26)37-20-27-25(6)32-30(29-23(4)9-8-10-24(29)5)33-31(27)35-15-13-34(14-16-35)17-18-36-7/h8-12,19,21H,13-18,20H2,1-7H3. The molecule has 0 amide bonds. The van der Waals surface area contributed by atoms with Crippen LogP contribution in [-0.2, 0) is 11.3 Å². The van der Waals surface area contributed by atoms with Crippen molar-refractivity contribution < 1.29 is 9.47 Å². The molecule has 0 saturated carbocycles. The summed E-state index contributed by atoms with van der Waals surface area (Å²) in [5.74, 6) is 3.18. The molecule has 1 saturated heterocycles. The van der Waals surface area contributed by atoms with Crippen LogP contribution in [0, 0.1) is 27.7 Å². The molecule has 0 radical (unpaired) electrons. The zero-order valence-electron chi connectivity index (χ0n) is 23.6. The predicted molar refractivity (Wildman–Crippen MR) is 152 cm³/mol. The van der Waals surface area contributed by atoms with E-state index >= 15 is 0 Å². The van der Waals surface area contributed by atoms with Crippen LogP contribution in [0.1, 0.15) is 53.3 Å². The first-order valence-electron chi connectivity index (χ1n) is 13.4. The molecule has 0 unspecified atom stereocenters. The summed E-state index contributed by atoms with van der Waals surface area (Å²) in [4.78, 5) is 15.1. The second-order valence-electron chi connectivity index (χ2n) is 10.5. The molecular formula is C31H42N4O2. The summed E-state index contributed by atoms with van der Waals surface area (Å²) in [5.41, 5.74) is 7.98. The second-order valence-corrected chi connectivity index (χ2v) is 10.5. The van der Waals surface area contributed by atoms with E-state index in [4.69, 9.17) is 19.4 Å². The number of piperazine rings is 1. The van der Waals surface area contributed by atoms with Crippen molar-refractivity contribution in [1.82, 2.24) is 14.9 Å². The van der Waals surface area contributed by atoms with Gasteiger partial charge in [0.1, 0.15) is 18.2 Å². The first kappa shape index (κ1) is 27.1. The monoisotopic (exact) mass is 502 g/mol. The van der Waals surface area contributed by atoms with Gasteiger partial charge in [-0.25, -0.2) is 9.97 Å². The average molecular weight is 503 g/mol. The number of hydrogen-bond acceptors (Lipinski definition) is 6. The van der Waals surface area contributed by atoms with Crippen LogP contribution in [0.3, 0.4) is 0 Å². The van der Waals surface area contributed by atoms with Crippen LogP contribution in [0.5, 0.6) is 5.75 Å². The third-order valence-electron chi connectivity index (χ3n) is 7.43. The lowest BCUT2D eigenvalue weighted by molar-refractivity contribution is 0.144. The Morgan fingerprint density at radius 3 is 2.24 bits per heavy atom. The van der Waals surface area contributed by atoms with Crippen molar-refractivity contribution in [2.45, 2.75) is 54.1 Å². The topological polar surface area (TPSA) is 50.7 Å². The van der Waals surface area contributed by atoms with E-state index in [1.807, 2.05) is 0 Å². The van der Waals surface area contributed by atoms with Crippen molar-refractivity contribution in [3.8, 4) is 17.1 Å². The molecule has 1 aliphatic rings. The van der Waals surface area contributed by atoms with Crippen molar-refractivity contribution in [2.24, 2.45) is 0 Å². The molecule has 3 aromatic rings. The molecule has 4 rings (SSSR count). The smallest absolute Gasteiger partial charge is 0.162 e. The summed E-state index contributed by atoms with van der Waals surface area (Å²) in [5, 5.41) is 0. The van der Waals surface area contributed by atoms with Crippen LogP contribution in [0.15, 0.2) is 36.4 Å². The zero-order valence-corrected chi connectivity index (χ0v) is 23.6. The lowest BCUT2D eigenvalue weighted by Gasteiger charge is -2.36. The summed E-state index contributed by atoms with van der Waals surface area (Å²) in [7, 11) is 1.76. The van der Waals surface area contributed by atoms with E-state index in [-0.39, 0.29) is 0 Å². The summed E-state index contributed by atoms with van der Waals surface area (Å²) < 4.78 is 11.8. The molecule has 37 heavy (non-hydrogen) atoms. The Balaban J connectivity index is 1.68. The summed E-state index contributed by atoms with van der Waals surface area (Å²) in [6.45, 7) is 18.9. The predicted octanol–water partition coefficient (Wildman–Crippen LogP) is 5.85. The fourth-order valence-electron chi connectivity index (χ4n) is 4.98. The minimum atomic E-state index is 0.445. The fourth-order valence-corrected chi connectivity index (χ4v) is 4.98. The van der Waals surface area contributed by atoms with Gasteiger partial charge < -0.3 is 14.4 Å². The Morgan fingerprint density at radius 1 is 0.892 bits per heavy atom. The van der Waals surface area contributed by atoms with Gasteiger partial charge >= 0.3 is 0 Å². The number of rotatable bonds is 9. The van der Waals surface area contributed by atoms with Gasteiger partial charge in [-0.1, -0.05) is 44.2 Å². The van der Waals surface area contributed by atoms with Gasteiger partial charge in [-0.3, -0.25) is 4.90 Å². The van der Waals surface area contributed by atoms with Crippen molar-refractivity contribution in [3.63, 3.8) is 0 Å². The van der Waals surface area contributed by atoms with E-state index < -0.39 is 0 Å². The number of benzene rings is 2. The molecule has 1 fully saturated rings. The SMILES string of the molecule is COCCN1CCN(c2nc(-c3c(C)cccc3C)nc(C)c2COc2cc(C(C)C)ccc2C)CC1. The highest BCUT2D eigenvalue weighted by Crippen LogP contribution is 2.31. The molecule has 6 nitrogen and oxygen atoms in total. The molecule has 6 heteroatoms. The normalized spacial score (nSPS) is 14.4. The van der Waals surface area contributed by atoms with Gasteiger partial charge in [0.25, 0.3) is 0 Å². The van der Waals surface area contributed by atoms with Crippen LogP contribution in [0.25, 0.3) is 11.4 Å². The van der Waals surface area contributed by atoms with Crippen LogP contribution >= 0.6 is 0 Å². The lowest BCUT2D eigenvalue weighted by Crippen LogP contribution is -2.48. The van der Waals surface area contributed by atoms with Crippen molar-refractivity contribution in [2.75, 3.05) is 51.3 Å². The molecule has 0 aliphatic carbocycles. The number of nitrogens with zero attached hydrogens (tertiary/aromatic N) is 4. The van der Waals surface area contributed by atoms with Crippen LogP contribution in [-0.4, -0.2) is 61.3 Å². The number of hydrogen-bond donors (Lipinski definition) is 0. The molecule has 0 bridgehead atoms. The molecule has 0 atom stereocenters. The van der Waals surface area contributed by atoms with Gasteiger partial charge in [-0.05, 0) is 61.9 Å². The quantitative estimate of drug-likeness (QED) is 0.366. The number of methoxy groups -OCH3 is 1. The number of aryl methyl sites for hydroxylation is 4. The maximum atomic E-state index is 6.46. The Kier molecular flexibility index (Phi) is 8.83. The van der Waals surface area contributed by atoms with E-state index in [9.17, 15) is 0 Å². The Labute approximate surface area is 222 Å². The van der Waals surface area contributed by atoms with E-state index in [0.717, 1.165) is 79.1 Å². The average Bonchev–Trinajstić information content (AvgIpc) is 2.87. The first-order chi connectivity index (χ1) is 17.8. The number of ether oxygens (including phenoxy) is 2. The minimum absolute atomic E-state index is 0.445. The molecule has 2 heterocycles. The van der Waals surface area contributed by atoms with Crippen molar-refractivity contribution >= 4 is 5.82 Å². The largest absolute Gasteiger partial charge is 0.488 e. The second kappa shape index (κ2) is 12.1. The Bertz CT molecular complexity index is 1200. The molecule has 1 aromatic heterocycles. The summed E-state index contributed by atoms with van der Waals surface area (Å²) in [6, 6.07) is 12.9. The minimum Gasteiger partial charge on any atom is -0.488 e. The number of anilines is 1. The van der Waals surface area contributed by atoms with Gasteiger partial charge in [0, 0.05) is 45.4 Å². The van der Waals surface area contributed by atoms with E-state index in [1.54, 1.807) is 7.11 Å². The molecular weight excluding hydrogens is 460 g/mol. The fraction of sp³-hybridized carbons (Fsp3) is 0.484. The highest BCUT2D eigenvalue weighted by atomic mass is 16.5. The van der Waals surface area contributed by atoms with Gasteiger partial charge in [0.15, 0.2) is 5.82 Å². The third kappa shape index (κ3) is 6.31.